The highest BCUT2D eigenvalue weighted by Crippen LogP contribution is 2.21. The van der Waals surface area contributed by atoms with Crippen LogP contribution in [0.15, 0.2) is 46.1 Å². The molecule has 1 aliphatic rings. The van der Waals surface area contributed by atoms with Crippen LogP contribution in [0.2, 0.25) is 0 Å². The van der Waals surface area contributed by atoms with Gasteiger partial charge < -0.3 is 9.47 Å². The van der Waals surface area contributed by atoms with E-state index in [2.05, 4.69) is 40.2 Å². The van der Waals surface area contributed by atoms with Crippen molar-refractivity contribution in [3.05, 3.63) is 68.5 Å². The first-order valence-corrected chi connectivity index (χ1v) is 9.68. The zero-order valence-corrected chi connectivity index (χ0v) is 15.6. The second-order valence-electron chi connectivity index (χ2n) is 7.45. The number of rotatable bonds is 7. The summed E-state index contributed by atoms with van der Waals surface area (Å²) in [6, 6.07) is 10.8. The molecule has 1 N–H and O–H groups in total. The molecule has 0 spiro atoms. The second-order valence-corrected chi connectivity index (χ2v) is 7.45. The quantitative estimate of drug-likeness (QED) is 0.777. The molecule has 0 bridgehead atoms. The molecular weight excluding hydrogens is 326 g/mol. The topological polar surface area (TPSA) is 58.1 Å². The molecule has 0 atom stereocenters. The number of unbranched alkanes of at least 4 members (excludes halogenated alkanes) is 1. The van der Waals surface area contributed by atoms with Crippen molar-refractivity contribution < 1.29 is 0 Å². The minimum absolute atomic E-state index is 0.287. The molecule has 3 rings (SSSR count). The van der Waals surface area contributed by atoms with Crippen LogP contribution >= 0.6 is 0 Å². The zero-order valence-electron chi connectivity index (χ0n) is 15.6. The molecule has 0 aliphatic carbocycles. The maximum absolute atomic E-state index is 11.8. The molecule has 5 heteroatoms. The lowest BCUT2D eigenvalue weighted by Crippen LogP contribution is -2.35. The Balaban J connectivity index is 1.36. The first-order valence-electron chi connectivity index (χ1n) is 9.68. The molecule has 1 aromatic heterocycles. The number of H-pyrrole nitrogens is 1. The van der Waals surface area contributed by atoms with Crippen molar-refractivity contribution in [2.24, 2.45) is 5.92 Å². The van der Waals surface area contributed by atoms with Gasteiger partial charge in [0.25, 0.3) is 5.56 Å². The molecule has 1 aromatic carbocycles. The van der Waals surface area contributed by atoms with Gasteiger partial charge in [0, 0.05) is 18.3 Å². The van der Waals surface area contributed by atoms with E-state index in [4.69, 9.17) is 0 Å². The van der Waals surface area contributed by atoms with Gasteiger partial charge in [-0.15, -0.1) is 0 Å². The van der Waals surface area contributed by atoms with Crippen LogP contribution in [0, 0.1) is 12.8 Å². The largest absolute Gasteiger partial charge is 0.328 e. The Bertz CT molecular complexity index is 802. The molecule has 140 valence electrons. The first-order chi connectivity index (χ1) is 12.6. The van der Waals surface area contributed by atoms with Gasteiger partial charge in [-0.05, 0) is 70.1 Å². The summed E-state index contributed by atoms with van der Waals surface area (Å²) in [5.41, 5.74) is 1.45. The average molecular weight is 355 g/mol. The van der Waals surface area contributed by atoms with Crippen LogP contribution in [-0.4, -0.2) is 34.1 Å². The van der Waals surface area contributed by atoms with E-state index in [0.717, 1.165) is 25.3 Å². The van der Waals surface area contributed by atoms with Crippen molar-refractivity contribution in [3.8, 4) is 0 Å². The lowest BCUT2D eigenvalue weighted by Gasteiger charge is -2.32. The third-order valence-corrected chi connectivity index (χ3v) is 5.39. The Labute approximate surface area is 154 Å². The highest BCUT2D eigenvalue weighted by molar-refractivity contribution is 5.15. The Morgan fingerprint density at radius 2 is 1.73 bits per heavy atom. The van der Waals surface area contributed by atoms with E-state index in [-0.39, 0.29) is 11.2 Å². The number of likely N-dealkylation sites (tertiary alicyclic amines) is 1. The second kappa shape index (κ2) is 8.99. The number of hydrogen-bond donors (Lipinski definition) is 1. The minimum atomic E-state index is -0.303. The summed E-state index contributed by atoms with van der Waals surface area (Å²) in [6.45, 7) is 5.84. The van der Waals surface area contributed by atoms with Crippen molar-refractivity contribution in [2.45, 2.75) is 45.6 Å². The number of piperidine rings is 1. The monoisotopic (exact) mass is 355 g/mol. The molecule has 1 fully saturated rings. The number of benzene rings is 1. The highest BCUT2D eigenvalue weighted by atomic mass is 16.2. The van der Waals surface area contributed by atoms with E-state index >= 15 is 0 Å². The van der Waals surface area contributed by atoms with Gasteiger partial charge in [-0.25, -0.2) is 4.79 Å². The Kier molecular flexibility index (Phi) is 6.45. The van der Waals surface area contributed by atoms with Gasteiger partial charge in [-0.1, -0.05) is 30.3 Å². The minimum Gasteiger partial charge on any atom is -0.303 e. The van der Waals surface area contributed by atoms with Gasteiger partial charge in [0.1, 0.15) is 0 Å². The molecule has 5 nitrogen and oxygen atoms in total. The van der Waals surface area contributed by atoms with E-state index in [1.54, 1.807) is 17.7 Å². The highest BCUT2D eigenvalue weighted by Gasteiger charge is 2.18. The first kappa shape index (κ1) is 18.6. The van der Waals surface area contributed by atoms with Gasteiger partial charge in [0.15, 0.2) is 0 Å². The van der Waals surface area contributed by atoms with E-state index in [1.165, 1.54) is 37.9 Å². The molecular formula is C21H29N3O2. The number of nitrogens with zero attached hydrogens (tertiary/aromatic N) is 2. The number of aromatic amines is 1. The summed E-state index contributed by atoms with van der Waals surface area (Å²) in [6.07, 6.45) is 7.43. The van der Waals surface area contributed by atoms with Crippen LogP contribution in [0.3, 0.4) is 0 Å². The molecule has 0 unspecified atom stereocenters. The lowest BCUT2D eigenvalue weighted by molar-refractivity contribution is 0.180. The normalized spacial score (nSPS) is 16.0. The molecule has 0 radical (unpaired) electrons. The molecule has 2 heterocycles. The summed E-state index contributed by atoms with van der Waals surface area (Å²) >= 11 is 0. The fraction of sp³-hybridized carbons (Fsp3) is 0.524. The molecule has 1 saturated heterocycles. The number of nitrogens with one attached hydrogen (secondary N) is 1. The zero-order chi connectivity index (χ0) is 18.4. The van der Waals surface area contributed by atoms with Gasteiger partial charge in [0.2, 0.25) is 0 Å². The van der Waals surface area contributed by atoms with E-state index in [1.807, 2.05) is 0 Å². The number of aromatic nitrogens is 2. The van der Waals surface area contributed by atoms with Crippen molar-refractivity contribution >= 4 is 0 Å². The number of aryl methyl sites for hydroxylation is 2. The molecule has 26 heavy (non-hydrogen) atoms. The van der Waals surface area contributed by atoms with Crippen molar-refractivity contribution in [1.29, 1.82) is 0 Å². The standard InChI is InChI=1S/C21H29N3O2/c1-17-16-24(21(26)22-20(17)25)12-6-5-11-23-13-9-19(10-14-23)15-18-7-3-2-4-8-18/h2-4,7-8,16,19H,5-6,9-15H2,1H3,(H,22,25,26). The fourth-order valence-electron chi connectivity index (χ4n) is 3.76. The van der Waals surface area contributed by atoms with Crippen LogP contribution in [0.1, 0.15) is 36.8 Å². The van der Waals surface area contributed by atoms with Crippen LogP contribution in [-0.2, 0) is 13.0 Å². The van der Waals surface area contributed by atoms with Crippen molar-refractivity contribution in [3.63, 3.8) is 0 Å². The van der Waals surface area contributed by atoms with Crippen molar-refractivity contribution in [2.75, 3.05) is 19.6 Å². The van der Waals surface area contributed by atoms with Gasteiger partial charge in [0.05, 0.1) is 0 Å². The smallest absolute Gasteiger partial charge is 0.303 e. The van der Waals surface area contributed by atoms with E-state index in [9.17, 15) is 9.59 Å². The van der Waals surface area contributed by atoms with Crippen molar-refractivity contribution in [1.82, 2.24) is 14.5 Å². The van der Waals surface area contributed by atoms with E-state index < -0.39 is 0 Å². The fourth-order valence-corrected chi connectivity index (χ4v) is 3.76. The third-order valence-electron chi connectivity index (χ3n) is 5.39. The number of hydrogen-bond acceptors (Lipinski definition) is 3. The predicted molar refractivity (Wildman–Crippen MR) is 105 cm³/mol. The summed E-state index contributed by atoms with van der Waals surface area (Å²) in [5, 5.41) is 0. The van der Waals surface area contributed by atoms with Gasteiger partial charge >= 0.3 is 5.69 Å². The van der Waals surface area contributed by atoms with E-state index in [0.29, 0.717) is 12.1 Å². The summed E-state index contributed by atoms with van der Waals surface area (Å²) in [7, 11) is 0. The van der Waals surface area contributed by atoms with Crippen LogP contribution in [0.4, 0.5) is 0 Å². The maximum Gasteiger partial charge on any atom is 0.328 e. The molecule has 1 aliphatic heterocycles. The van der Waals surface area contributed by atoms with Crippen LogP contribution < -0.4 is 11.2 Å². The average Bonchev–Trinajstić information content (AvgIpc) is 2.65. The lowest BCUT2D eigenvalue weighted by atomic mass is 9.90. The molecule has 0 amide bonds. The third kappa shape index (κ3) is 5.18. The molecule has 2 aromatic rings. The van der Waals surface area contributed by atoms with Gasteiger partial charge in [-0.3, -0.25) is 9.78 Å². The Hall–Kier alpha value is -2.14. The van der Waals surface area contributed by atoms with Crippen LogP contribution in [0.5, 0.6) is 0 Å². The van der Waals surface area contributed by atoms with Crippen LogP contribution in [0.25, 0.3) is 0 Å². The maximum atomic E-state index is 11.8. The SMILES string of the molecule is Cc1cn(CCCCN2CCC(Cc3ccccc3)CC2)c(=O)[nH]c1=O. The summed E-state index contributed by atoms with van der Waals surface area (Å²) in [4.78, 5) is 28.1. The predicted octanol–water partition coefficient (Wildman–Crippen LogP) is 2.58. The molecule has 0 saturated carbocycles. The Morgan fingerprint density at radius 3 is 2.46 bits per heavy atom. The van der Waals surface area contributed by atoms with Gasteiger partial charge in [-0.2, -0.15) is 0 Å². The summed E-state index contributed by atoms with van der Waals surface area (Å²) in [5.74, 6) is 0.802. The Morgan fingerprint density at radius 1 is 1.04 bits per heavy atom. The summed E-state index contributed by atoms with van der Waals surface area (Å²) < 4.78 is 1.61.